The molecule has 0 saturated carbocycles. The van der Waals surface area contributed by atoms with E-state index in [2.05, 4.69) is 30.6 Å². The quantitative estimate of drug-likeness (QED) is 0.227. The summed E-state index contributed by atoms with van der Waals surface area (Å²) in [5, 5.41) is 0. The van der Waals surface area contributed by atoms with Gasteiger partial charge in [0.05, 0.1) is 14.2 Å². The Balaban J connectivity index is 1.83. The van der Waals surface area contributed by atoms with Gasteiger partial charge in [0, 0.05) is 24.5 Å². The van der Waals surface area contributed by atoms with Crippen molar-refractivity contribution in [2.24, 2.45) is 0 Å². The summed E-state index contributed by atoms with van der Waals surface area (Å²) < 4.78 is 28.3. The number of methoxy groups -OCH3 is 2. The van der Waals surface area contributed by atoms with Crippen molar-refractivity contribution in [3.63, 3.8) is 0 Å². The highest BCUT2D eigenvalue weighted by Crippen LogP contribution is 2.36. The fraction of sp³-hybridized carbons (Fsp3) is 0.552. The van der Waals surface area contributed by atoms with Crippen LogP contribution in [0.2, 0.25) is 0 Å². The Morgan fingerprint density at radius 1 is 0.879 bits per heavy atom. The van der Waals surface area contributed by atoms with Crippen molar-refractivity contribution in [2.45, 2.75) is 90.5 Å². The summed E-state index contributed by atoms with van der Waals surface area (Å²) in [6.45, 7) is 4.45. The van der Waals surface area contributed by atoms with E-state index in [1.165, 1.54) is 62.6 Å². The van der Waals surface area contributed by atoms with E-state index in [0.29, 0.717) is 5.69 Å². The van der Waals surface area contributed by atoms with Gasteiger partial charge in [0.15, 0.2) is 29.1 Å². The van der Waals surface area contributed by atoms with Crippen LogP contribution >= 0.6 is 0 Å². The van der Waals surface area contributed by atoms with Crippen LogP contribution in [0.3, 0.4) is 0 Å². The summed E-state index contributed by atoms with van der Waals surface area (Å²) in [5.41, 5.74) is 4.27. The minimum Gasteiger partial charge on any atom is -0.493 e. The lowest BCUT2D eigenvalue weighted by Crippen LogP contribution is -2.34. The smallest absolute Gasteiger partial charge is 0.241 e. The van der Waals surface area contributed by atoms with Crippen LogP contribution in [-0.4, -0.2) is 30.5 Å². The monoisotopic (exact) mass is 454 g/mol. The van der Waals surface area contributed by atoms with Gasteiger partial charge in [-0.1, -0.05) is 70.4 Å². The van der Waals surface area contributed by atoms with Crippen LogP contribution in [0.5, 0.6) is 11.5 Å². The van der Waals surface area contributed by atoms with E-state index in [-0.39, 0.29) is 11.9 Å². The van der Waals surface area contributed by atoms with E-state index in [1.807, 2.05) is 12.1 Å². The summed E-state index contributed by atoms with van der Waals surface area (Å²) >= 11 is 0. The normalized spacial score (nSPS) is 15.5. The first kappa shape index (κ1) is 25.3. The van der Waals surface area contributed by atoms with Crippen molar-refractivity contribution < 1.29 is 18.4 Å². The molecule has 3 nitrogen and oxygen atoms in total. The summed E-state index contributed by atoms with van der Waals surface area (Å²) in [4.78, 5) is 0. The molecule has 1 heterocycles. The second kappa shape index (κ2) is 12.8. The molecule has 2 aromatic carbocycles. The Bertz CT molecular complexity index is 937. The molecule has 4 heteroatoms. The molecule has 0 N–H and O–H groups in total. The second-order valence-electron chi connectivity index (χ2n) is 9.26. The summed E-state index contributed by atoms with van der Waals surface area (Å²) in [5.74, 6) is 1.31. The van der Waals surface area contributed by atoms with E-state index >= 15 is 0 Å². The number of rotatable bonds is 13. The molecule has 1 atom stereocenters. The number of ether oxygens (including phenoxy) is 2. The van der Waals surface area contributed by atoms with Crippen LogP contribution < -0.4 is 9.47 Å². The number of hydrogen-bond donors (Lipinski definition) is 0. The van der Waals surface area contributed by atoms with Crippen molar-refractivity contribution in [2.75, 3.05) is 14.2 Å². The second-order valence-corrected chi connectivity index (χ2v) is 9.26. The van der Waals surface area contributed by atoms with Crippen molar-refractivity contribution in [1.82, 2.24) is 0 Å². The Kier molecular flexibility index (Phi) is 9.77. The third-order valence-corrected chi connectivity index (χ3v) is 6.80. The number of hydrogen-bond acceptors (Lipinski definition) is 2. The standard InChI is InChI=1S/C29H41FNO2/c1-5-6-7-8-9-10-11-12-13-17-26-24-21-29(33-4)28(32-3)20-23(24)19-22(2)31(26)27-18-15-14-16-25(27)30/h14-16,18,20-22H,5-13,17,19H2,1-4H3/q+1. The molecule has 0 aromatic heterocycles. The highest BCUT2D eigenvalue weighted by Gasteiger charge is 2.35. The lowest BCUT2D eigenvalue weighted by atomic mass is 9.89. The lowest BCUT2D eigenvalue weighted by Gasteiger charge is -2.25. The number of halogens is 1. The SMILES string of the molecule is CCCCCCCCCCCC1=[N+](c2ccccc2F)C(C)Cc2cc(OC)c(OC)cc21. The highest BCUT2D eigenvalue weighted by atomic mass is 19.1. The molecule has 180 valence electrons. The molecule has 0 radical (unpaired) electrons. The van der Waals surface area contributed by atoms with Crippen molar-refractivity contribution in [3.8, 4) is 11.5 Å². The first-order chi connectivity index (χ1) is 16.1. The minimum absolute atomic E-state index is 0.168. The maximum Gasteiger partial charge on any atom is 0.241 e. The van der Waals surface area contributed by atoms with Crippen LogP contribution in [0.15, 0.2) is 36.4 Å². The fourth-order valence-corrected chi connectivity index (χ4v) is 5.05. The number of fused-ring (bicyclic) bond motifs is 1. The maximum atomic E-state index is 14.9. The van der Waals surface area contributed by atoms with Gasteiger partial charge in [-0.25, -0.2) is 0 Å². The Morgan fingerprint density at radius 3 is 2.12 bits per heavy atom. The molecular weight excluding hydrogens is 413 g/mol. The lowest BCUT2D eigenvalue weighted by molar-refractivity contribution is -0.485. The van der Waals surface area contributed by atoms with Gasteiger partial charge in [-0.05, 0) is 37.1 Å². The highest BCUT2D eigenvalue weighted by molar-refractivity contribution is 6.00. The Morgan fingerprint density at radius 2 is 1.48 bits per heavy atom. The van der Waals surface area contributed by atoms with Gasteiger partial charge >= 0.3 is 0 Å². The van der Waals surface area contributed by atoms with E-state index in [1.54, 1.807) is 26.4 Å². The van der Waals surface area contributed by atoms with Gasteiger partial charge in [0.1, 0.15) is 0 Å². The fourth-order valence-electron chi connectivity index (χ4n) is 5.05. The zero-order chi connectivity index (χ0) is 23.6. The van der Waals surface area contributed by atoms with E-state index in [4.69, 9.17) is 9.47 Å². The third-order valence-electron chi connectivity index (χ3n) is 6.80. The number of unbranched alkanes of at least 4 members (excludes halogenated alkanes) is 8. The first-order valence-corrected chi connectivity index (χ1v) is 12.8. The first-order valence-electron chi connectivity index (χ1n) is 12.8. The molecule has 0 spiro atoms. The molecule has 0 aliphatic carbocycles. The largest absolute Gasteiger partial charge is 0.493 e. The molecule has 1 aliphatic rings. The number of benzene rings is 2. The van der Waals surface area contributed by atoms with Crippen LogP contribution in [0.25, 0.3) is 0 Å². The molecule has 3 rings (SSSR count). The van der Waals surface area contributed by atoms with Gasteiger partial charge in [-0.2, -0.15) is 8.97 Å². The zero-order valence-electron chi connectivity index (χ0n) is 21.0. The molecule has 33 heavy (non-hydrogen) atoms. The molecule has 0 saturated heterocycles. The van der Waals surface area contributed by atoms with Crippen LogP contribution in [0.4, 0.5) is 10.1 Å². The van der Waals surface area contributed by atoms with Crippen molar-refractivity contribution >= 4 is 11.4 Å². The molecular formula is C29H41FNO2+. The molecule has 0 amide bonds. The average Bonchev–Trinajstić information content (AvgIpc) is 2.82. The minimum atomic E-state index is -0.169. The predicted molar refractivity (Wildman–Crippen MR) is 135 cm³/mol. The molecule has 1 aliphatic heterocycles. The topological polar surface area (TPSA) is 21.5 Å². The Hall–Kier alpha value is -2.36. The Labute approximate surface area is 199 Å². The molecule has 0 bridgehead atoms. The van der Waals surface area contributed by atoms with Crippen LogP contribution in [-0.2, 0) is 6.42 Å². The average molecular weight is 455 g/mol. The van der Waals surface area contributed by atoms with Gasteiger partial charge in [-0.15, -0.1) is 0 Å². The van der Waals surface area contributed by atoms with Crippen molar-refractivity contribution in [3.05, 3.63) is 53.3 Å². The number of nitrogens with zero attached hydrogens (tertiary/aromatic N) is 1. The summed E-state index contributed by atoms with van der Waals surface area (Å²) in [6.07, 6.45) is 13.4. The van der Waals surface area contributed by atoms with Gasteiger partial charge in [0.25, 0.3) is 0 Å². The zero-order valence-corrected chi connectivity index (χ0v) is 21.0. The third kappa shape index (κ3) is 6.37. The van der Waals surface area contributed by atoms with Crippen LogP contribution in [0, 0.1) is 5.82 Å². The van der Waals surface area contributed by atoms with Crippen LogP contribution in [0.1, 0.15) is 89.2 Å². The van der Waals surface area contributed by atoms with Gasteiger partial charge < -0.3 is 9.47 Å². The summed E-state index contributed by atoms with van der Waals surface area (Å²) in [7, 11) is 3.35. The molecule has 0 fully saturated rings. The van der Waals surface area contributed by atoms with Gasteiger partial charge in [-0.3, -0.25) is 0 Å². The molecule has 1 unspecified atom stereocenters. The predicted octanol–water partition coefficient (Wildman–Crippen LogP) is 7.84. The summed E-state index contributed by atoms with van der Waals surface area (Å²) in [6, 6.07) is 11.5. The van der Waals surface area contributed by atoms with E-state index in [9.17, 15) is 4.39 Å². The van der Waals surface area contributed by atoms with Gasteiger partial charge in [0.2, 0.25) is 5.69 Å². The number of para-hydroxylation sites is 1. The van der Waals surface area contributed by atoms with Crippen molar-refractivity contribution in [1.29, 1.82) is 0 Å². The van der Waals surface area contributed by atoms with E-state index < -0.39 is 0 Å². The van der Waals surface area contributed by atoms with E-state index in [0.717, 1.165) is 36.3 Å². The molecule has 2 aromatic rings. The maximum absolute atomic E-state index is 14.9.